The number of carbonyl (C=O) groups excluding carboxylic acids is 1. The van der Waals surface area contributed by atoms with Gasteiger partial charge in [-0.15, -0.1) is 0 Å². The van der Waals surface area contributed by atoms with E-state index in [-0.39, 0.29) is 37.0 Å². The summed E-state index contributed by atoms with van der Waals surface area (Å²) in [5, 5.41) is 11.0. The van der Waals surface area contributed by atoms with Gasteiger partial charge in [0.05, 0.1) is 4.92 Å². The van der Waals surface area contributed by atoms with Crippen molar-refractivity contribution >= 4 is 21.6 Å². The number of carbonyl (C=O) groups is 1. The van der Waals surface area contributed by atoms with E-state index in [9.17, 15) is 23.3 Å². The molecular weight excluding hydrogens is 298 g/mol. The highest BCUT2D eigenvalue weighted by Gasteiger charge is 2.33. The number of rotatable bonds is 3. The Morgan fingerprint density at radius 2 is 1.76 bits per heavy atom. The first-order chi connectivity index (χ1) is 9.84. The third-order valence-electron chi connectivity index (χ3n) is 3.36. The lowest BCUT2D eigenvalue weighted by molar-refractivity contribution is -0.387. The van der Waals surface area contributed by atoms with Gasteiger partial charge in [-0.1, -0.05) is 12.1 Å². The second kappa shape index (κ2) is 5.78. The lowest BCUT2D eigenvalue weighted by Crippen LogP contribution is -2.50. The summed E-state index contributed by atoms with van der Waals surface area (Å²) < 4.78 is 26.2. The first-order valence-corrected chi connectivity index (χ1v) is 7.77. The number of piperazine rings is 1. The molecule has 0 spiro atoms. The molecule has 0 saturated carbocycles. The maximum Gasteiger partial charge on any atom is 0.289 e. The van der Waals surface area contributed by atoms with Crippen LogP contribution in [0.3, 0.4) is 0 Å². The molecule has 1 aromatic carbocycles. The lowest BCUT2D eigenvalue weighted by Gasteiger charge is -2.33. The molecule has 8 nitrogen and oxygen atoms in total. The Morgan fingerprint density at radius 3 is 2.29 bits per heavy atom. The molecule has 0 aliphatic carbocycles. The number of benzene rings is 1. The van der Waals surface area contributed by atoms with E-state index < -0.39 is 20.6 Å². The van der Waals surface area contributed by atoms with Crippen LogP contribution in [0.5, 0.6) is 0 Å². The summed E-state index contributed by atoms with van der Waals surface area (Å²) in [6.07, 6.45) is 0. The molecule has 1 saturated heterocycles. The van der Waals surface area contributed by atoms with E-state index in [0.717, 1.165) is 0 Å². The highest BCUT2D eigenvalue weighted by atomic mass is 32.2. The number of nitro groups is 1. The largest absolute Gasteiger partial charge is 0.340 e. The van der Waals surface area contributed by atoms with Crippen molar-refractivity contribution in [1.29, 1.82) is 0 Å². The van der Waals surface area contributed by atoms with Gasteiger partial charge in [0.15, 0.2) is 4.90 Å². The lowest BCUT2D eigenvalue weighted by atomic mass is 10.3. The molecule has 1 amide bonds. The van der Waals surface area contributed by atoms with Gasteiger partial charge in [-0.2, -0.15) is 4.31 Å². The van der Waals surface area contributed by atoms with Crippen LogP contribution in [0.2, 0.25) is 0 Å². The van der Waals surface area contributed by atoms with Crippen molar-refractivity contribution in [3.63, 3.8) is 0 Å². The van der Waals surface area contributed by atoms with Gasteiger partial charge >= 0.3 is 0 Å². The predicted molar refractivity (Wildman–Crippen MR) is 74.1 cm³/mol. The molecule has 0 aromatic heterocycles. The molecule has 0 N–H and O–H groups in total. The minimum atomic E-state index is -3.93. The van der Waals surface area contributed by atoms with Crippen LogP contribution in [0.1, 0.15) is 6.92 Å². The first kappa shape index (κ1) is 15.4. The number of para-hydroxylation sites is 1. The number of hydrogen-bond donors (Lipinski definition) is 0. The normalized spacial score (nSPS) is 16.7. The number of nitrogens with zero attached hydrogens (tertiary/aromatic N) is 3. The number of nitro benzene ring substituents is 1. The van der Waals surface area contributed by atoms with Crippen molar-refractivity contribution in [1.82, 2.24) is 9.21 Å². The quantitative estimate of drug-likeness (QED) is 0.595. The third-order valence-corrected chi connectivity index (χ3v) is 5.31. The zero-order valence-corrected chi connectivity index (χ0v) is 12.2. The fourth-order valence-corrected chi connectivity index (χ4v) is 3.79. The van der Waals surface area contributed by atoms with Gasteiger partial charge in [0.1, 0.15) is 0 Å². The van der Waals surface area contributed by atoms with Crippen molar-refractivity contribution in [3.8, 4) is 0 Å². The average Bonchev–Trinajstić information content (AvgIpc) is 2.47. The molecular formula is C12H15N3O5S. The van der Waals surface area contributed by atoms with Gasteiger partial charge in [0, 0.05) is 39.2 Å². The summed E-state index contributed by atoms with van der Waals surface area (Å²) >= 11 is 0. The van der Waals surface area contributed by atoms with Gasteiger partial charge in [-0.05, 0) is 6.07 Å². The summed E-state index contributed by atoms with van der Waals surface area (Å²) in [7, 11) is -3.93. The number of hydrogen-bond acceptors (Lipinski definition) is 5. The Balaban J connectivity index is 2.28. The molecule has 1 aliphatic rings. The summed E-state index contributed by atoms with van der Waals surface area (Å²) in [5.74, 6) is -0.113. The Hall–Kier alpha value is -2.00. The number of amides is 1. The zero-order chi connectivity index (χ0) is 15.6. The molecule has 2 rings (SSSR count). The van der Waals surface area contributed by atoms with Crippen molar-refractivity contribution in [2.24, 2.45) is 0 Å². The SMILES string of the molecule is CC(=O)N1CCN(S(=O)(=O)c2ccccc2[N+](=O)[O-])CC1. The van der Waals surface area contributed by atoms with Crippen LogP contribution in [0.4, 0.5) is 5.69 Å². The van der Waals surface area contributed by atoms with Crippen molar-refractivity contribution in [2.45, 2.75) is 11.8 Å². The van der Waals surface area contributed by atoms with E-state index in [4.69, 9.17) is 0 Å². The average molecular weight is 313 g/mol. The maximum absolute atomic E-state index is 12.5. The molecule has 114 valence electrons. The summed E-state index contributed by atoms with van der Waals surface area (Å²) in [6.45, 7) is 2.26. The minimum Gasteiger partial charge on any atom is -0.340 e. The van der Waals surface area contributed by atoms with Gasteiger partial charge < -0.3 is 4.90 Å². The molecule has 1 heterocycles. The highest BCUT2D eigenvalue weighted by molar-refractivity contribution is 7.89. The molecule has 21 heavy (non-hydrogen) atoms. The molecule has 1 aromatic rings. The topological polar surface area (TPSA) is 101 Å². The molecule has 1 aliphatic heterocycles. The van der Waals surface area contributed by atoms with Crippen molar-refractivity contribution in [3.05, 3.63) is 34.4 Å². The van der Waals surface area contributed by atoms with Crippen LogP contribution in [0.25, 0.3) is 0 Å². The molecule has 0 atom stereocenters. The third kappa shape index (κ3) is 3.03. The molecule has 1 fully saturated rings. The zero-order valence-electron chi connectivity index (χ0n) is 11.4. The van der Waals surface area contributed by atoms with E-state index >= 15 is 0 Å². The Kier molecular flexibility index (Phi) is 4.24. The fraction of sp³-hybridized carbons (Fsp3) is 0.417. The predicted octanol–water partition coefficient (Wildman–Crippen LogP) is 0.448. The standard InChI is InChI=1S/C12H15N3O5S/c1-10(16)13-6-8-14(9-7-13)21(19,20)12-5-3-2-4-11(12)15(17)18/h2-5H,6-9H2,1H3. The van der Waals surface area contributed by atoms with Crippen molar-refractivity contribution in [2.75, 3.05) is 26.2 Å². The van der Waals surface area contributed by atoms with Crippen LogP contribution < -0.4 is 0 Å². The number of sulfonamides is 1. The molecule has 9 heteroatoms. The van der Waals surface area contributed by atoms with Gasteiger partial charge in [-0.3, -0.25) is 14.9 Å². The Bertz CT molecular complexity index is 665. The first-order valence-electron chi connectivity index (χ1n) is 6.33. The minimum absolute atomic E-state index is 0.113. The van der Waals surface area contributed by atoms with E-state index in [1.54, 1.807) is 4.90 Å². The monoisotopic (exact) mass is 313 g/mol. The van der Waals surface area contributed by atoms with E-state index in [1.165, 1.54) is 35.5 Å². The van der Waals surface area contributed by atoms with E-state index in [0.29, 0.717) is 0 Å². The van der Waals surface area contributed by atoms with Crippen LogP contribution in [-0.2, 0) is 14.8 Å². The second-order valence-electron chi connectivity index (χ2n) is 4.63. The van der Waals surface area contributed by atoms with E-state index in [1.807, 2.05) is 0 Å². The van der Waals surface area contributed by atoms with Gasteiger partial charge in [0.2, 0.25) is 15.9 Å². The van der Waals surface area contributed by atoms with Crippen LogP contribution >= 0.6 is 0 Å². The van der Waals surface area contributed by atoms with Crippen LogP contribution in [0.15, 0.2) is 29.2 Å². The second-order valence-corrected chi connectivity index (χ2v) is 6.54. The maximum atomic E-state index is 12.5. The Labute approximate surface area is 122 Å². The van der Waals surface area contributed by atoms with Gasteiger partial charge in [-0.25, -0.2) is 8.42 Å². The highest BCUT2D eigenvalue weighted by Crippen LogP contribution is 2.26. The molecule has 0 radical (unpaired) electrons. The molecule has 0 unspecified atom stereocenters. The van der Waals surface area contributed by atoms with Crippen LogP contribution in [-0.4, -0.2) is 54.6 Å². The summed E-state index contributed by atoms with van der Waals surface area (Å²) in [6, 6.07) is 5.26. The van der Waals surface area contributed by atoms with Crippen LogP contribution in [0, 0.1) is 10.1 Å². The smallest absolute Gasteiger partial charge is 0.289 e. The fourth-order valence-electron chi connectivity index (χ4n) is 2.21. The molecule has 0 bridgehead atoms. The summed E-state index contributed by atoms with van der Waals surface area (Å²) in [4.78, 5) is 22.7. The summed E-state index contributed by atoms with van der Waals surface area (Å²) in [5.41, 5.74) is -0.438. The Morgan fingerprint density at radius 1 is 1.19 bits per heavy atom. The van der Waals surface area contributed by atoms with Crippen molar-refractivity contribution < 1.29 is 18.1 Å². The van der Waals surface area contributed by atoms with Gasteiger partial charge in [0.25, 0.3) is 5.69 Å². The van der Waals surface area contributed by atoms with E-state index in [2.05, 4.69) is 0 Å².